The van der Waals surface area contributed by atoms with Crippen LogP contribution in [0.2, 0.25) is 0 Å². The van der Waals surface area contributed by atoms with Crippen LogP contribution in [0.15, 0.2) is 29.2 Å². The molecule has 2 unspecified atom stereocenters. The van der Waals surface area contributed by atoms with Crippen molar-refractivity contribution in [1.29, 1.82) is 0 Å². The number of benzene rings is 1. The average molecular weight is 298 g/mol. The SMILES string of the molecule is CNCc1ccccc1S(=O)(=O)NC(C)C1CCOC1. The van der Waals surface area contributed by atoms with E-state index in [-0.39, 0.29) is 12.0 Å². The minimum Gasteiger partial charge on any atom is -0.381 e. The summed E-state index contributed by atoms with van der Waals surface area (Å²) < 4.78 is 33.1. The molecule has 112 valence electrons. The molecule has 1 heterocycles. The summed E-state index contributed by atoms with van der Waals surface area (Å²) in [4.78, 5) is 0.347. The summed E-state index contributed by atoms with van der Waals surface area (Å²) in [5.41, 5.74) is 0.775. The number of rotatable bonds is 6. The predicted molar refractivity (Wildman–Crippen MR) is 77.9 cm³/mol. The van der Waals surface area contributed by atoms with Gasteiger partial charge in [0.2, 0.25) is 10.0 Å². The molecule has 0 saturated carbocycles. The second-order valence-corrected chi connectivity index (χ2v) is 6.85. The molecule has 1 aliphatic heterocycles. The van der Waals surface area contributed by atoms with Crippen LogP contribution in [0.1, 0.15) is 18.9 Å². The standard InChI is InChI=1S/C14H22N2O3S/c1-11(13-7-8-19-10-13)16-20(17,18)14-6-4-3-5-12(14)9-15-2/h3-6,11,13,15-16H,7-10H2,1-2H3. The average Bonchev–Trinajstić information content (AvgIpc) is 2.93. The van der Waals surface area contributed by atoms with E-state index in [1.54, 1.807) is 19.2 Å². The summed E-state index contributed by atoms with van der Waals surface area (Å²) in [6.45, 7) is 3.77. The highest BCUT2D eigenvalue weighted by Crippen LogP contribution is 2.20. The highest BCUT2D eigenvalue weighted by atomic mass is 32.2. The van der Waals surface area contributed by atoms with Crippen LogP contribution in [-0.4, -0.2) is 34.7 Å². The summed E-state index contributed by atoms with van der Waals surface area (Å²) in [6.07, 6.45) is 0.905. The van der Waals surface area contributed by atoms with Crippen LogP contribution in [-0.2, 0) is 21.3 Å². The maximum atomic E-state index is 12.5. The monoisotopic (exact) mass is 298 g/mol. The Morgan fingerprint density at radius 2 is 2.15 bits per heavy atom. The Balaban J connectivity index is 2.17. The zero-order chi connectivity index (χ0) is 14.6. The van der Waals surface area contributed by atoms with Crippen LogP contribution < -0.4 is 10.0 Å². The Morgan fingerprint density at radius 1 is 1.40 bits per heavy atom. The Bertz CT molecular complexity index is 539. The number of hydrogen-bond donors (Lipinski definition) is 2. The van der Waals surface area contributed by atoms with Gasteiger partial charge >= 0.3 is 0 Å². The largest absolute Gasteiger partial charge is 0.381 e. The van der Waals surface area contributed by atoms with Crippen molar-refractivity contribution in [2.75, 3.05) is 20.3 Å². The molecule has 0 radical (unpaired) electrons. The quantitative estimate of drug-likeness (QED) is 0.825. The first kappa shape index (κ1) is 15.4. The molecule has 2 rings (SSSR count). The molecular formula is C14H22N2O3S. The van der Waals surface area contributed by atoms with Gasteiger partial charge in [0.05, 0.1) is 11.5 Å². The lowest BCUT2D eigenvalue weighted by atomic mass is 10.0. The Hall–Kier alpha value is -0.950. The molecule has 0 amide bonds. The first-order valence-electron chi connectivity index (χ1n) is 6.87. The van der Waals surface area contributed by atoms with E-state index in [2.05, 4.69) is 10.0 Å². The van der Waals surface area contributed by atoms with Gasteiger partial charge in [-0.25, -0.2) is 13.1 Å². The van der Waals surface area contributed by atoms with Gasteiger partial charge in [-0.2, -0.15) is 0 Å². The molecule has 1 saturated heterocycles. The van der Waals surface area contributed by atoms with E-state index in [1.165, 1.54) is 0 Å². The lowest BCUT2D eigenvalue weighted by molar-refractivity contribution is 0.180. The zero-order valence-electron chi connectivity index (χ0n) is 11.9. The van der Waals surface area contributed by atoms with E-state index in [1.807, 2.05) is 19.1 Å². The number of nitrogens with one attached hydrogen (secondary N) is 2. The first-order valence-corrected chi connectivity index (χ1v) is 8.35. The normalized spacial score (nSPS) is 21.0. The fourth-order valence-electron chi connectivity index (χ4n) is 2.45. The second-order valence-electron chi connectivity index (χ2n) is 5.17. The Kier molecular flexibility index (Phi) is 5.15. The molecule has 2 N–H and O–H groups in total. The minimum absolute atomic E-state index is 0.120. The van der Waals surface area contributed by atoms with Crippen molar-refractivity contribution in [2.45, 2.75) is 30.8 Å². The zero-order valence-corrected chi connectivity index (χ0v) is 12.7. The number of hydrogen-bond acceptors (Lipinski definition) is 4. The minimum atomic E-state index is -3.50. The van der Waals surface area contributed by atoms with Crippen molar-refractivity contribution in [1.82, 2.24) is 10.0 Å². The van der Waals surface area contributed by atoms with E-state index in [0.717, 1.165) is 12.0 Å². The summed E-state index contributed by atoms with van der Waals surface area (Å²) in [5.74, 6) is 0.251. The van der Waals surface area contributed by atoms with Crippen LogP contribution in [0, 0.1) is 5.92 Å². The Labute approximate surface area is 120 Å². The smallest absolute Gasteiger partial charge is 0.241 e. The predicted octanol–water partition coefficient (Wildman–Crippen LogP) is 1.11. The number of sulfonamides is 1. The summed E-state index contributed by atoms with van der Waals surface area (Å²) >= 11 is 0. The number of ether oxygens (including phenoxy) is 1. The van der Waals surface area contributed by atoms with Crippen molar-refractivity contribution < 1.29 is 13.2 Å². The third-order valence-corrected chi connectivity index (χ3v) is 5.30. The van der Waals surface area contributed by atoms with Crippen LogP contribution in [0.25, 0.3) is 0 Å². The van der Waals surface area contributed by atoms with Crippen molar-refractivity contribution >= 4 is 10.0 Å². The molecule has 0 aromatic heterocycles. The van der Waals surface area contributed by atoms with E-state index in [9.17, 15) is 8.42 Å². The third kappa shape index (κ3) is 3.58. The molecule has 0 spiro atoms. The van der Waals surface area contributed by atoms with E-state index >= 15 is 0 Å². The molecular weight excluding hydrogens is 276 g/mol. The fraction of sp³-hybridized carbons (Fsp3) is 0.571. The van der Waals surface area contributed by atoms with Gasteiger partial charge in [0.15, 0.2) is 0 Å². The molecule has 2 atom stereocenters. The van der Waals surface area contributed by atoms with Gasteiger partial charge in [-0.05, 0) is 32.0 Å². The topological polar surface area (TPSA) is 67.4 Å². The van der Waals surface area contributed by atoms with Gasteiger partial charge in [-0.15, -0.1) is 0 Å². The Morgan fingerprint density at radius 3 is 2.80 bits per heavy atom. The van der Waals surface area contributed by atoms with Gasteiger partial charge in [-0.3, -0.25) is 0 Å². The molecule has 6 heteroatoms. The molecule has 1 fully saturated rings. The van der Waals surface area contributed by atoms with Gasteiger partial charge in [-0.1, -0.05) is 18.2 Å². The third-order valence-electron chi connectivity index (χ3n) is 3.64. The van der Waals surface area contributed by atoms with Crippen molar-refractivity contribution in [3.63, 3.8) is 0 Å². The van der Waals surface area contributed by atoms with E-state index < -0.39 is 10.0 Å². The molecule has 1 aromatic carbocycles. The molecule has 0 bridgehead atoms. The van der Waals surface area contributed by atoms with Gasteiger partial charge in [0, 0.05) is 25.1 Å². The van der Waals surface area contributed by atoms with Crippen molar-refractivity contribution in [3.05, 3.63) is 29.8 Å². The lowest BCUT2D eigenvalue weighted by Crippen LogP contribution is -2.38. The van der Waals surface area contributed by atoms with E-state index in [0.29, 0.717) is 24.7 Å². The van der Waals surface area contributed by atoms with Crippen LogP contribution in [0.3, 0.4) is 0 Å². The lowest BCUT2D eigenvalue weighted by Gasteiger charge is -2.20. The van der Waals surface area contributed by atoms with Crippen LogP contribution >= 0.6 is 0 Å². The van der Waals surface area contributed by atoms with Gasteiger partial charge in [0.1, 0.15) is 0 Å². The van der Waals surface area contributed by atoms with Crippen LogP contribution in [0.4, 0.5) is 0 Å². The van der Waals surface area contributed by atoms with E-state index in [4.69, 9.17) is 4.74 Å². The van der Waals surface area contributed by atoms with Gasteiger partial charge < -0.3 is 10.1 Å². The summed E-state index contributed by atoms with van der Waals surface area (Å²) in [6, 6.07) is 6.95. The van der Waals surface area contributed by atoms with Crippen molar-refractivity contribution in [2.24, 2.45) is 5.92 Å². The maximum Gasteiger partial charge on any atom is 0.241 e. The molecule has 1 aromatic rings. The highest BCUT2D eigenvalue weighted by molar-refractivity contribution is 7.89. The highest BCUT2D eigenvalue weighted by Gasteiger charge is 2.27. The first-order chi connectivity index (χ1) is 9.54. The maximum absolute atomic E-state index is 12.5. The fourth-order valence-corrected chi connectivity index (χ4v) is 4.01. The molecule has 5 nitrogen and oxygen atoms in total. The molecule has 1 aliphatic rings. The van der Waals surface area contributed by atoms with Crippen molar-refractivity contribution in [3.8, 4) is 0 Å². The second kappa shape index (κ2) is 6.67. The molecule has 0 aliphatic carbocycles. The summed E-state index contributed by atoms with van der Waals surface area (Å²) in [7, 11) is -1.69. The summed E-state index contributed by atoms with van der Waals surface area (Å²) in [5, 5.41) is 2.99. The van der Waals surface area contributed by atoms with Gasteiger partial charge in [0.25, 0.3) is 0 Å². The van der Waals surface area contributed by atoms with Crippen LogP contribution in [0.5, 0.6) is 0 Å². The molecule has 20 heavy (non-hydrogen) atoms.